The molecule has 3 aliphatic heterocycles. The maximum atomic E-state index is 9.14. The van der Waals surface area contributed by atoms with Crippen LogP contribution in [0, 0.1) is 34.0 Å². The molecule has 0 amide bonds. The van der Waals surface area contributed by atoms with Crippen molar-refractivity contribution in [2.75, 3.05) is 54.0 Å². The normalized spacial score (nSPS) is 11.8. The van der Waals surface area contributed by atoms with Gasteiger partial charge in [-0.1, -0.05) is 116 Å². The topological polar surface area (TPSA) is 190 Å². The maximum absolute atomic E-state index is 9.14. The number of unbranched alkanes of at least 4 members (excludes halogenated alkanes) is 6. The Balaban J connectivity index is 0.000000126. The van der Waals surface area contributed by atoms with E-state index >= 15 is 0 Å². The van der Waals surface area contributed by atoms with Gasteiger partial charge in [0.05, 0.1) is 45.9 Å². The van der Waals surface area contributed by atoms with E-state index in [4.69, 9.17) is 53.8 Å². The Morgan fingerprint density at radius 1 is 0.342 bits per heavy atom. The highest BCUT2D eigenvalue weighted by atomic mass is 16.5. The predicted octanol–water partition coefficient (Wildman–Crippen LogP) is 25.8. The van der Waals surface area contributed by atoms with Crippen molar-refractivity contribution in [2.45, 2.75) is 119 Å². The number of H-pyrrole nitrogens is 1. The van der Waals surface area contributed by atoms with E-state index in [-0.39, 0.29) is 0 Å². The lowest BCUT2D eigenvalue weighted by molar-refractivity contribution is 0.486. The number of hydrogen-bond donors (Lipinski definition) is 1. The van der Waals surface area contributed by atoms with Crippen molar-refractivity contribution in [3.8, 4) is 120 Å². The summed E-state index contributed by atoms with van der Waals surface area (Å²) in [6.45, 7) is 19.8. The molecule has 6 heterocycles. The van der Waals surface area contributed by atoms with Crippen LogP contribution >= 0.6 is 0 Å². The van der Waals surface area contributed by atoms with Crippen LogP contribution in [0.15, 0.2) is 209 Å². The third-order valence-electron chi connectivity index (χ3n) is 21.5. The number of anilines is 3. The number of hydrogen-bond acceptors (Lipinski definition) is 14. The number of fused-ring (bicyclic) bond motifs is 12. The third-order valence-corrected chi connectivity index (χ3v) is 21.5. The standard InChI is InChI=1S/C32H30N4O.2C32H29N3O2/c1-3-5-16-36(17-6-4-2)23-14-15-24-26-19-27-31(25-8-7-9-28(30(25)26)37-29(24)18-23)35-32(34-27)22-12-10-21(20-33)11-13-22;1-3-5-16-35(17-6-4-2)23-14-15-24-26-19-27-31(25-8-7-9-28(30(25)26)36-29(24)18-23)37-32(34-27)22-12-10-21(20-33)11-13-22;1-3-5-16-35(17-6-4-2)23-14-15-24-26-19-29-31(25-8-7-9-27(30(25)26)36-28(24)18-23)34-32(37-29)22-12-10-21(20-33)11-13-22/h7-15,18-19H,3-6,16-17H2,1-2H3,(H,34,35);2*7-15,18-19H,3-6,16-17H2,1-2H3. The van der Waals surface area contributed by atoms with Gasteiger partial charge >= 0.3 is 0 Å². The second kappa shape index (κ2) is 32.1. The first-order valence-corrected chi connectivity index (χ1v) is 39.5. The van der Waals surface area contributed by atoms with Crippen molar-refractivity contribution in [1.29, 1.82) is 15.8 Å². The summed E-state index contributed by atoms with van der Waals surface area (Å²) < 4.78 is 32.1. The Bertz CT molecular complexity index is 5500. The van der Waals surface area contributed by atoms with E-state index in [0.717, 1.165) is 195 Å². The second-order valence-corrected chi connectivity index (χ2v) is 29.0. The number of imidazole rings is 1. The lowest BCUT2D eigenvalue weighted by Gasteiger charge is -2.27. The molecule has 552 valence electrons. The molecule has 0 atom stereocenters. The van der Waals surface area contributed by atoms with Gasteiger partial charge < -0.3 is 42.7 Å². The van der Waals surface area contributed by atoms with Crippen molar-refractivity contribution in [2.24, 2.45) is 0 Å². The van der Waals surface area contributed by atoms with E-state index in [1.54, 1.807) is 24.3 Å². The average Bonchev–Trinajstić information content (AvgIpc) is 1.72. The number of rotatable bonds is 24. The van der Waals surface area contributed by atoms with Crippen LogP contribution < -0.4 is 28.9 Å². The quantitative estimate of drug-likeness (QED) is 0.0601. The van der Waals surface area contributed by atoms with E-state index < -0.39 is 0 Å². The highest BCUT2D eigenvalue weighted by molar-refractivity contribution is 6.18. The van der Waals surface area contributed by atoms with Crippen molar-refractivity contribution in [1.82, 2.24) is 19.9 Å². The zero-order valence-corrected chi connectivity index (χ0v) is 63.8. The van der Waals surface area contributed by atoms with Crippen LogP contribution in [0.2, 0.25) is 0 Å². The van der Waals surface area contributed by atoms with Crippen LogP contribution in [0.3, 0.4) is 0 Å². The highest BCUT2D eigenvalue weighted by Crippen LogP contribution is 2.54. The van der Waals surface area contributed by atoms with E-state index in [1.165, 1.54) is 94.1 Å². The zero-order valence-electron chi connectivity index (χ0n) is 63.8. The molecule has 15 heteroatoms. The van der Waals surface area contributed by atoms with Crippen molar-refractivity contribution in [3.63, 3.8) is 0 Å². The monoisotopic (exact) mass is 1460 g/mol. The summed E-state index contributed by atoms with van der Waals surface area (Å²) in [6.07, 6.45) is 14.2. The summed E-state index contributed by atoms with van der Waals surface area (Å²) >= 11 is 0. The van der Waals surface area contributed by atoms with Gasteiger partial charge in [-0.05, 0) is 195 Å². The Morgan fingerprint density at radius 3 is 1.14 bits per heavy atom. The summed E-state index contributed by atoms with van der Waals surface area (Å²) in [5, 5.41) is 33.7. The van der Waals surface area contributed by atoms with E-state index in [2.05, 4.69) is 170 Å². The van der Waals surface area contributed by atoms with Crippen LogP contribution in [0.1, 0.15) is 135 Å². The van der Waals surface area contributed by atoms with E-state index in [1.807, 2.05) is 84.9 Å². The smallest absolute Gasteiger partial charge is 0.227 e. The third kappa shape index (κ3) is 14.3. The van der Waals surface area contributed by atoms with Crippen LogP contribution in [-0.2, 0) is 0 Å². The zero-order chi connectivity index (χ0) is 76.1. The van der Waals surface area contributed by atoms with Gasteiger partial charge in [-0.25, -0.2) is 15.0 Å². The Labute approximate surface area is 647 Å². The Kier molecular flexibility index (Phi) is 20.9. The molecule has 0 fully saturated rings. The first-order valence-electron chi connectivity index (χ1n) is 39.5. The molecule has 0 aliphatic carbocycles. The number of aromatic amines is 1. The fraction of sp³-hybridized carbons (Fsp3) is 0.250. The first kappa shape index (κ1) is 72.3. The van der Waals surface area contributed by atoms with Gasteiger partial charge in [0.25, 0.3) is 0 Å². The summed E-state index contributed by atoms with van der Waals surface area (Å²) in [7, 11) is 0. The molecule has 0 spiro atoms. The summed E-state index contributed by atoms with van der Waals surface area (Å²) in [6, 6.07) is 73.4. The molecule has 0 saturated heterocycles. The lowest BCUT2D eigenvalue weighted by Crippen LogP contribution is -2.25. The Hall–Kier alpha value is -12.9. The molecule has 3 aliphatic rings. The van der Waals surface area contributed by atoms with Crippen molar-refractivity contribution < 1.29 is 23.0 Å². The minimum atomic E-state index is 0.543. The van der Waals surface area contributed by atoms with Gasteiger partial charge in [-0.2, -0.15) is 15.8 Å². The molecule has 15 nitrogen and oxygen atoms in total. The van der Waals surface area contributed by atoms with E-state index in [0.29, 0.717) is 28.5 Å². The second-order valence-electron chi connectivity index (χ2n) is 29.0. The predicted molar refractivity (Wildman–Crippen MR) is 450 cm³/mol. The number of nitriles is 3. The lowest BCUT2D eigenvalue weighted by atomic mass is 9.93. The number of nitrogens with one attached hydrogen (secondary N) is 1. The highest BCUT2D eigenvalue weighted by Gasteiger charge is 2.29. The van der Waals surface area contributed by atoms with Crippen molar-refractivity contribution >= 4 is 82.6 Å². The number of ether oxygens (including phenoxy) is 3. The first-order chi connectivity index (χ1) is 54.6. The molecular formula is C96H88N10O5. The van der Waals surface area contributed by atoms with Gasteiger partial charge in [0.2, 0.25) is 11.8 Å². The SMILES string of the molecule is CCCCN(CCCC)c1ccc2c(c1)Oc1cccc3c1c-2cc1[nH]c(-c2ccc(C#N)cc2)nc13.CCCCN(CCCC)c1ccc2c(c1)Oc1cccc3c1c-2cc1nc(-c2ccc(C#N)cc2)oc13.CCCCN(CCCC)c1ccc2c(c1)Oc1cccc3c1c-2cc1oc(-c2ccc(C#N)cc2)nc13. The van der Waals surface area contributed by atoms with Gasteiger partial charge in [0.1, 0.15) is 51.4 Å². The van der Waals surface area contributed by atoms with Gasteiger partial charge in [0.15, 0.2) is 11.2 Å². The van der Waals surface area contributed by atoms with Gasteiger partial charge in [0, 0.05) is 146 Å². The van der Waals surface area contributed by atoms with Crippen molar-refractivity contribution in [3.05, 3.63) is 217 Å². The molecule has 3 aromatic heterocycles. The van der Waals surface area contributed by atoms with Crippen LogP contribution in [0.5, 0.6) is 34.5 Å². The molecule has 0 saturated carbocycles. The van der Waals surface area contributed by atoms with Gasteiger partial charge in [-0.15, -0.1) is 0 Å². The average molecular weight is 1460 g/mol. The van der Waals surface area contributed by atoms with Crippen LogP contribution in [0.4, 0.5) is 17.1 Å². The van der Waals surface area contributed by atoms with Crippen LogP contribution in [-0.4, -0.2) is 59.2 Å². The van der Waals surface area contributed by atoms with E-state index in [9.17, 15) is 0 Å². The molecule has 0 unspecified atom stereocenters. The molecule has 15 aromatic rings. The number of oxazole rings is 2. The largest absolute Gasteiger partial charge is 0.456 e. The molecule has 12 aromatic carbocycles. The summed E-state index contributed by atoms with van der Waals surface area (Å²) in [5.41, 5.74) is 19.8. The molecule has 1 N–H and O–H groups in total. The Morgan fingerprint density at radius 2 is 0.721 bits per heavy atom. The molecule has 0 bridgehead atoms. The number of nitrogens with zero attached hydrogens (tertiary/aromatic N) is 9. The molecule has 0 radical (unpaired) electrons. The fourth-order valence-electron chi connectivity index (χ4n) is 15.5. The minimum absolute atomic E-state index is 0.543. The number of benzene rings is 12. The number of aromatic nitrogens is 4. The molecule has 18 rings (SSSR count). The van der Waals surface area contributed by atoms with Gasteiger partial charge in [-0.3, -0.25) is 0 Å². The van der Waals surface area contributed by atoms with Crippen LogP contribution in [0.25, 0.3) is 133 Å². The summed E-state index contributed by atoms with van der Waals surface area (Å²) in [5.74, 6) is 7.09. The molecule has 111 heavy (non-hydrogen) atoms. The molecular weight excluding hydrogens is 1370 g/mol. The summed E-state index contributed by atoms with van der Waals surface area (Å²) in [4.78, 5) is 25.6. The maximum Gasteiger partial charge on any atom is 0.227 e. The fourth-order valence-corrected chi connectivity index (χ4v) is 15.5. The minimum Gasteiger partial charge on any atom is -0.456 e.